The molecule has 0 spiro atoms. The second-order valence-electron chi connectivity index (χ2n) is 19.1. The quantitative estimate of drug-likeness (QED) is 0.0210. The third kappa shape index (κ3) is 21.7. The van der Waals surface area contributed by atoms with Gasteiger partial charge < -0.3 is 74.4 Å². The first-order valence-electron chi connectivity index (χ1n) is 26.3. The Balaban J connectivity index is 1.23. The topological polar surface area (TPSA) is 370 Å². The van der Waals surface area contributed by atoms with Crippen molar-refractivity contribution < 1.29 is 53.4 Å². The number of nitrogens with zero attached hydrogens (tertiary/aromatic N) is 2. The zero-order chi connectivity index (χ0) is 57.1. The van der Waals surface area contributed by atoms with Crippen molar-refractivity contribution in [2.75, 3.05) is 64.7 Å². The average Bonchev–Trinajstić information content (AvgIpc) is 3.43. The molecule has 0 aromatic heterocycles. The molecule has 1 aliphatic heterocycles. The summed E-state index contributed by atoms with van der Waals surface area (Å²) in [5, 5.41) is 45.4. The molecule has 15 N–H and O–H groups in total. The molecule has 1 saturated heterocycles. The number of phenols is 1. The summed E-state index contributed by atoms with van der Waals surface area (Å²) >= 11 is 0. The number of fused-ring (bicyclic) bond motifs is 1. The molecular weight excluding hydrogens is 1020 g/mol. The van der Waals surface area contributed by atoms with Crippen LogP contribution >= 0.6 is 0 Å². The fourth-order valence-corrected chi connectivity index (χ4v) is 8.61. The first-order valence-corrected chi connectivity index (χ1v) is 26.3. The Bertz CT molecular complexity index is 2760. The maximum Gasteiger partial charge on any atom is 0.317 e. The van der Waals surface area contributed by atoms with Crippen molar-refractivity contribution in [3.63, 3.8) is 0 Å². The van der Waals surface area contributed by atoms with Crippen LogP contribution in [0, 0.1) is 0 Å². The lowest BCUT2D eigenvalue weighted by molar-refractivity contribution is -0.142. The smallest absolute Gasteiger partial charge is 0.317 e. The highest BCUT2D eigenvalue weighted by molar-refractivity contribution is 5.98. The molecule has 0 radical (unpaired) electrons. The van der Waals surface area contributed by atoms with Gasteiger partial charge in [-0.25, -0.2) is 0 Å². The number of carbonyl (C=O) groups is 9. The van der Waals surface area contributed by atoms with E-state index in [1.165, 1.54) is 24.1 Å². The van der Waals surface area contributed by atoms with Crippen LogP contribution in [0.3, 0.4) is 0 Å². The molecule has 5 rings (SSSR count). The Kier molecular flexibility index (Phi) is 24.9. The molecule has 1 aliphatic rings. The Morgan fingerprint density at radius 1 is 0.658 bits per heavy atom. The summed E-state index contributed by atoms with van der Waals surface area (Å²) in [5.74, 6) is -5.51. The summed E-state index contributed by atoms with van der Waals surface area (Å²) in [5.41, 5.74) is 13.2. The zero-order valence-corrected chi connectivity index (χ0v) is 44.3. The van der Waals surface area contributed by atoms with E-state index < -0.39 is 72.1 Å². The number of carboxylic acids is 1. The second kappa shape index (κ2) is 32.2. The molecule has 8 amide bonds. The molecule has 1 heterocycles. The van der Waals surface area contributed by atoms with Crippen LogP contribution in [0.4, 0.5) is 5.69 Å². The van der Waals surface area contributed by atoms with Crippen LogP contribution in [0.25, 0.3) is 10.8 Å². The Hall–Kier alpha value is -8.64. The van der Waals surface area contributed by atoms with Crippen LogP contribution in [-0.4, -0.2) is 158 Å². The van der Waals surface area contributed by atoms with Crippen LogP contribution in [0.5, 0.6) is 5.75 Å². The van der Waals surface area contributed by atoms with Crippen molar-refractivity contribution in [2.45, 2.75) is 88.4 Å². The molecular formula is C55H73N13O11. The highest BCUT2D eigenvalue weighted by Gasteiger charge is 2.35. The van der Waals surface area contributed by atoms with Gasteiger partial charge >= 0.3 is 5.97 Å². The number of guanidine groups is 1. The summed E-state index contributed by atoms with van der Waals surface area (Å²) in [4.78, 5) is 125. The first-order chi connectivity index (χ1) is 37.9. The summed E-state index contributed by atoms with van der Waals surface area (Å²) in [7, 11) is 1.40. The standard InChI is InChI=1S/C55H73N13O11/c1-68-45(12-8-25-61-50(75)38-18-20-40(21-19-38)64-46(70)13-3-2-6-24-60-47(71)32-58-27-28-59-34-49(73)74)53(78)66-42(11-7-26-62-55(56)57)52(77)67-43(31-36-14-17-37-9-4-5-10-39(37)29-36)51(76)63-33-48(72)65-44(54(68)79)30-35-15-22-41(69)23-16-35/h4-5,9-10,14-23,29,42-45,58-59,69H,2-3,6-8,11-13,24-28,30-34H2,1H3,(H,60,71)(H,61,75)(H,63,76)(H,64,70)(H,65,72)(H,66,78)(H,67,77)(H,73,74)(H4,56,57,62)/t42-,43-,44+,45+/m0/s1. The number of amides is 8. The maximum absolute atomic E-state index is 14.6. The molecule has 0 saturated carbocycles. The molecule has 1 fully saturated rings. The van der Waals surface area contributed by atoms with Crippen molar-refractivity contribution in [3.8, 4) is 5.75 Å². The van der Waals surface area contributed by atoms with E-state index in [2.05, 4.69) is 52.8 Å². The van der Waals surface area contributed by atoms with Crippen molar-refractivity contribution in [1.82, 2.24) is 47.4 Å². The number of carbonyl (C=O) groups excluding carboxylic acids is 8. The minimum atomic E-state index is -1.26. The van der Waals surface area contributed by atoms with E-state index in [0.29, 0.717) is 61.3 Å². The van der Waals surface area contributed by atoms with Crippen LogP contribution in [0.2, 0.25) is 0 Å². The predicted octanol–water partition coefficient (Wildman–Crippen LogP) is -0.116. The van der Waals surface area contributed by atoms with Gasteiger partial charge in [-0.2, -0.15) is 0 Å². The van der Waals surface area contributed by atoms with Gasteiger partial charge in [0.05, 0.1) is 19.6 Å². The molecule has 4 aromatic carbocycles. The van der Waals surface area contributed by atoms with Crippen LogP contribution in [-0.2, 0) is 51.2 Å². The van der Waals surface area contributed by atoms with Gasteiger partial charge in [0.1, 0.15) is 29.9 Å². The Morgan fingerprint density at radius 2 is 1.33 bits per heavy atom. The number of benzene rings is 4. The average molecular weight is 1090 g/mol. The normalized spacial score (nSPS) is 17.2. The van der Waals surface area contributed by atoms with Crippen LogP contribution < -0.4 is 59.3 Å². The van der Waals surface area contributed by atoms with Gasteiger partial charge in [0.25, 0.3) is 5.91 Å². The molecule has 24 nitrogen and oxygen atoms in total. The van der Waals surface area contributed by atoms with E-state index in [0.717, 1.165) is 10.8 Å². The van der Waals surface area contributed by atoms with Gasteiger partial charge in [-0.05, 0) is 96.8 Å². The molecule has 79 heavy (non-hydrogen) atoms. The third-order valence-electron chi connectivity index (χ3n) is 12.8. The van der Waals surface area contributed by atoms with Gasteiger partial charge in [0, 0.05) is 70.3 Å². The number of carboxylic acid groups (broad SMARTS) is 1. The number of hydrogen-bond donors (Lipinski definition) is 13. The highest BCUT2D eigenvalue weighted by Crippen LogP contribution is 2.19. The van der Waals surface area contributed by atoms with Crippen LogP contribution in [0.15, 0.2) is 96.0 Å². The number of likely N-dealkylation sites (N-methyl/N-ethyl adjacent to an activating group) is 1. The van der Waals surface area contributed by atoms with E-state index >= 15 is 0 Å². The number of unbranched alkanes of at least 4 members (excludes halogenated alkanes) is 2. The molecule has 0 aliphatic carbocycles. The lowest BCUT2D eigenvalue weighted by Gasteiger charge is -2.32. The minimum absolute atomic E-state index is 0.0183. The van der Waals surface area contributed by atoms with Crippen LogP contribution in [0.1, 0.15) is 72.9 Å². The predicted molar refractivity (Wildman–Crippen MR) is 296 cm³/mol. The summed E-state index contributed by atoms with van der Waals surface area (Å²) < 4.78 is 0. The largest absolute Gasteiger partial charge is 0.508 e. The lowest BCUT2D eigenvalue weighted by Crippen LogP contribution is -2.58. The number of nitrogens with two attached hydrogens (primary N) is 2. The van der Waals surface area contributed by atoms with Gasteiger partial charge in [-0.1, -0.05) is 61.0 Å². The molecule has 0 bridgehead atoms. The van der Waals surface area contributed by atoms with Gasteiger partial charge in [0.15, 0.2) is 5.96 Å². The van der Waals surface area contributed by atoms with Gasteiger partial charge in [-0.3, -0.25) is 48.1 Å². The Labute approximate surface area is 458 Å². The van der Waals surface area contributed by atoms with Crippen molar-refractivity contribution in [2.24, 2.45) is 16.5 Å². The number of rotatable bonds is 27. The van der Waals surface area contributed by atoms with Gasteiger partial charge in [-0.15, -0.1) is 0 Å². The van der Waals surface area contributed by atoms with Crippen molar-refractivity contribution >= 4 is 75.6 Å². The lowest BCUT2D eigenvalue weighted by atomic mass is 10.00. The molecule has 0 unspecified atom stereocenters. The maximum atomic E-state index is 14.6. The number of aliphatic carboxylic acids is 1. The summed E-state index contributed by atoms with van der Waals surface area (Å²) in [6, 6.07) is 20.6. The van der Waals surface area contributed by atoms with E-state index in [9.17, 15) is 48.3 Å². The van der Waals surface area contributed by atoms with E-state index in [1.807, 2.05) is 42.5 Å². The molecule has 424 valence electrons. The molecule has 4 atom stereocenters. The first kappa shape index (κ1) is 61.2. The van der Waals surface area contributed by atoms with Gasteiger partial charge in [0.2, 0.25) is 41.4 Å². The third-order valence-corrected chi connectivity index (χ3v) is 12.8. The SMILES string of the molecule is CN1C(=O)[C@@H](Cc2ccc(O)cc2)NC(=O)CNC(=O)[C@H](Cc2ccc3ccccc3c2)NC(=O)[C@H](CCCN=C(N)N)NC(=O)[C@H]1CCCNC(=O)c1ccc(NC(=O)CCCCCNC(=O)CNCCNCC(=O)O)cc1. The fraction of sp³-hybridized carbons (Fsp3) is 0.418. The second-order valence-corrected chi connectivity index (χ2v) is 19.1. The fourth-order valence-electron chi connectivity index (χ4n) is 8.61. The summed E-state index contributed by atoms with van der Waals surface area (Å²) in [6.45, 7) is 0.855. The van der Waals surface area contributed by atoms with Crippen molar-refractivity contribution in [3.05, 3.63) is 108 Å². The zero-order valence-electron chi connectivity index (χ0n) is 44.3. The Morgan fingerprint density at radius 3 is 2.05 bits per heavy atom. The number of phenolic OH excluding ortho intramolecular Hbond substituents is 1. The van der Waals surface area contributed by atoms with E-state index in [1.54, 1.807) is 36.4 Å². The minimum Gasteiger partial charge on any atom is -0.508 e. The van der Waals surface area contributed by atoms with Crippen molar-refractivity contribution in [1.29, 1.82) is 0 Å². The number of aliphatic imine (C=N–C) groups is 1. The number of hydrogen-bond acceptors (Lipinski definition) is 13. The van der Waals surface area contributed by atoms with E-state index in [4.69, 9.17) is 16.6 Å². The number of aromatic hydroxyl groups is 1. The van der Waals surface area contributed by atoms with E-state index in [-0.39, 0.29) is 94.6 Å². The summed E-state index contributed by atoms with van der Waals surface area (Å²) in [6.07, 6.45) is 2.56. The number of nitrogens with one attached hydrogen (secondary N) is 9. The molecule has 24 heteroatoms. The highest BCUT2D eigenvalue weighted by atomic mass is 16.4. The monoisotopic (exact) mass is 1090 g/mol. The number of anilines is 1. The molecule has 4 aromatic rings.